The summed E-state index contributed by atoms with van der Waals surface area (Å²) in [6.45, 7) is 4.41. The van der Waals surface area contributed by atoms with Crippen molar-refractivity contribution in [2.75, 3.05) is 0 Å². The predicted octanol–water partition coefficient (Wildman–Crippen LogP) is 5.45. The molecule has 1 aliphatic heterocycles. The molecule has 1 amide bonds. The Bertz CT molecular complexity index is 1290. The Morgan fingerprint density at radius 2 is 1.83 bits per heavy atom. The number of nitrogens with zero attached hydrogens (tertiary/aromatic N) is 2. The zero-order chi connectivity index (χ0) is 20.1. The molecule has 0 radical (unpaired) electrons. The molecule has 0 N–H and O–H groups in total. The van der Waals surface area contributed by atoms with E-state index >= 15 is 0 Å². The number of rotatable bonds is 4. The lowest BCUT2D eigenvalue weighted by molar-refractivity contribution is -0.113. The van der Waals surface area contributed by atoms with Crippen LogP contribution in [0, 0.1) is 17.2 Å². The molecule has 29 heavy (non-hydrogen) atoms. The summed E-state index contributed by atoms with van der Waals surface area (Å²) in [5.41, 5.74) is 4.40. The average molecular weight is 378 g/mol. The summed E-state index contributed by atoms with van der Waals surface area (Å²) in [5, 5.41) is 11.3. The molecule has 0 atom stereocenters. The first kappa shape index (κ1) is 17.4. The van der Waals surface area contributed by atoms with Crippen LogP contribution in [0.2, 0.25) is 0 Å². The predicted molar refractivity (Wildman–Crippen MR) is 113 cm³/mol. The summed E-state index contributed by atoms with van der Waals surface area (Å²) in [4.78, 5) is 16.2. The summed E-state index contributed by atoms with van der Waals surface area (Å²) in [6, 6.07) is 19.9. The van der Waals surface area contributed by atoms with Gasteiger partial charge < -0.3 is 4.74 Å². The number of hydrogen-bond donors (Lipinski definition) is 0. The molecule has 1 aliphatic carbocycles. The SMILES string of the molecule is CC(C)Cc1ccc(Oc2ccc3c4c(cccc24)C2=NC(=O)C(C#N)=C23)cc1. The molecule has 2 aliphatic rings. The third kappa shape index (κ3) is 2.67. The number of benzene rings is 3. The lowest BCUT2D eigenvalue weighted by Gasteiger charge is -2.12. The smallest absolute Gasteiger partial charge is 0.288 e. The summed E-state index contributed by atoms with van der Waals surface area (Å²) in [7, 11) is 0. The van der Waals surface area contributed by atoms with Crippen molar-refractivity contribution in [3.63, 3.8) is 0 Å². The number of amides is 1. The summed E-state index contributed by atoms with van der Waals surface area (Å²) in [5.74, 6) is 1.68. The van der Waals surface area contributed by atoms with Gasteiger partial charge in [-0.15, -0.1) is 0 Å². The maximum Gasteiger partial charge on any atom is 0.288 e. The van der Waals surface area contributed by atoms with Crippen LogP contribution < -0.4 is 4.74 Å². The highest BCUT2D eigenvalue weighted by Gasteiger charge is 2.36. The zero-order valence-electron chi connectivity index (χ0n) is 16.2. The van der Waals surface area contributed by atoms with Crippen molar-refractivity contribution >= 4 is 28.0 Å². The lowest BCUT2D eigenvalue weighted by Crippen LogP contribution is -1.95. The number of ether oxygens (including phenoxy) is 1. The molecule has 0 spiro atoms. The first-order chi connectivity index (χ1) is 14.1. The highest BCUT2D eigenvalue weighted by Crippen LogP contribution is 2.45. The number of allylic oxidation sites excluding steroid dienone is 1. The van der Waals surface area contributed by atoms with Crippen molar-refractivity contribution in [3.05, 3.63) is 76.9 Å². The third-order valence-electron chi connectivity index (χ3n) is 5.35. The summed E-state index contributed by atoms with van der Waals surface area (Å²) >= 11 is 0. The fourth-order valence-corrected chi connectivity index (χ4v) is 4.17. The van der Waals surface area contributed by atoms with E-state index in [9.17, 15) is 10.1 Å². The van der Waals surface area contributed by atoms with Crippen LogP contribution in [0.3, 0.4) is 0 Å². The van der Waals surface area contributed by atoms with Crippen molar-refractivity contribution in [1.82, 2.24) is 0 Å². The van der Waals surface area contributed by atoms with E-state index in [1.807, 2.05) is 48.5 Å². The van der Waals surface area contributed by atoms with Crippen molar-refractivity contribution in [3.8, 4) is 17.6 Å². The lowest BCUT2D eigenvalue weighted by atomic mass is 10.0. The molecule has 0 unspecified atom stereocenters. The number of nitriles is 1. The van der Waals surface area contributed by atoms with E-state index in [4.69, 9.17) is 4.74 Å². The molecule has 4 nitrogen and oxygen atoms in total. The van der Waals surface area contributed by atoms with E-state index in [-0.39, 0.29) is 5.57 Å². The minimum absolute atomic E-state index is 0.118. The minimum Gasteiger partial charge on any atom is -0.457 e. The Balaban J connectivity index is 1.58. The van der Waals surface area contributed by atoms with Gasteiger partial charge in [0, 0.05) is 21.9 Å². The molecule has 0 aromatic heterocycles. The topological polar surface area (TPSA) is 62.4 Å². The Labute approximate surface area is 168 Å². The van der Waals surface area contributed by atoms with Gasteiger partial charge in [0.1, 0.15) is 23.1 Å². The Morgan fingerprint density at radius 3 is 2.55 bits per heavy atom. The second-order valence-electron chi connectivity index (χ2n) is 7.81. The highest BCUT2D eigenvalue weighted by atomic mass is 16.5. The fraction of sp³-hybridized carbons (Fsp3) is 0.160. The van der Waals surface area contributed by atoms with Crippen LogP contribution in [0.5, 0.6) is 11.5 Å². The minimum atomic E-state index is -0.457. The molecule has 140 valence electrons. The van der Waals surface area contributed by atoms with Crippen LogP contribution in [0.25, 0.3) is 16.3 Å². The van der Waals surface area contributed by atoms with Gasteiger partial charge in [0.2, 0.25) is 0 Å². The molecular formula is C25H18N2O2. The van der Waals surface area contributed by atoms with Gasteiger partial charge in [-0.2, -0.15) is 5.26 Å². The molecule has 5 rings (SSSR count). The van der Waals surface area contributed by atoms with Crippen LogP contribution in [0.1, 0.15) is 30.5 Å². The molecule has 4 heteroatoms. The second kappa shape index (κ2) is 6.42. The second-order valence-corrected chi connectivity index (χ2v) is 7.81. The van der Waals surface area contributed by atoms with E-state index in [2.05, 4.69) is 31.0 Å². The van der Waals surface area contributed by atoms with Crippen LogP contribution >= 0.6 is 0 Å². The van der Waals surface area contributed by atoms with Crippen LogP contribution in [0.15, 0.2) is 65.2 Å². The van der Waals surface area contributed by atoms with Crippen LogP contribution in [-0.2, 0) is 11.2 Å². The normalized spacial score (nSPS) is 14.4. The number of carbonyl (C=O) groups is 1. The van der Waals surface area contributed by atoms with Gasteiger partial charge in [0.05, 0.1) is 5.71 Å². The third-order valence-corrected chi connectivity index (χ3v) is 5.35. The summed E-state index contributed by atoms with van der Waals surface area (Å²) in [6.07, 6.45) is 1.04. The molecular weight excluding hydrogens is 360 g/mol. The molecule has 0 bridgehead atoms. The van der Waals surface area contributed by atoms with Crippen LogP contribution in [-0.4, -0.2) is 11.6 Å². The molecule has 3 aromatic rings. The summed E-state index contributed by atoms with van der Waals surface area (Å²) < 4.78 is 6.20. The highest BCUT2D eigenvalue weighted by molar-refractivity contribution is 6.50. The van der Waals surface area contributed by atoms with E-state index in [0.29, 0.717) is 17.2 Å². The number of carbonyl (C=O) groups excluding carboxylic acids is 1. The maximum absolute atomic E-state index is 12.1. The Hall–Kier alpha value is -3.71. The molecule has 0 saturated carbocycles. The van der Waals surface area contributed by atoms with Gasteiger partial charge in [0.25, 0.3) is 5.91 Å². The molecule has 0 fully saturated rings. The van der Waals surface area contributed by atoms with Gasteiger partial charge in [0.15, 0.2) is 0 Å². The molecule has 3 aromatic carbocycles. The first-order valence-corrected chi connectivity index (χ1v) is 9.68. The van der Waals surface area contributed by atoms with Crippen molar-refractivity contribution < 1.29 is 9.53 Å². The van der Waals surface area contributed by atoms with Crippen molar-refractivity contribution in [1.29, 1.82) is 5.26 Å². The van der Waals surface area contributed by atoms with Gasteiger partial charge >= 0.3 is 0 Å². The monoisotopic (exact) mass is 378 g/mol. The van der Waals surface area contributed by atoms with Gasteiger partial charge in [-0.25, -0.2) is 4.99 Å². The average Bonchev–Trinajstić information content (AvgIpc) is 3.19. The molecule has 0 saturated heterocycles. The van der Waals surface area contributed by atoms with Gasteiger partial charge in [-0.1, -0.05) is 44.2 Å². The Morgan fingerprint density at radius 1 is 1.03 bits per heavy atom. The van der Waals surface area contributed by atoms with E-state index in [0.717, 1.165) is 39.8 Å². The first-order valence-electron chi connectivity index (χ1n) is 9.68. The van der Waals surface area contributed by atoms with E-state index in [1.54, 1.807) is 0 Å². The van der Waals surface area contributed by atoms with E-state index in [1.165, 1.54) is 5.56 Å². The Kier molecular flexibility index (Phi) is 3.85. The fourth-order valence-electron chi connectivity index (χ4n) is 4.17. The molecule has 1 heterocycles. The number of hydrogen-bond acceptors (Lipinski definition) is 3. The van der Waals surface area contributed by atoms with Crippen molar-refractivity contribution in [2.24, 2.45) is 10.9 Å². The number of fused-ring (bicyclic) bond motifs is 3. The largest absolute Gasteiger partial charge is 0.457 e. The quantitative estimate of drug-likeness (QED) is 0.606. The maximum atomic E-state index is 12.1. The van der Waals surface area contributed by atoms with Crippen LogP contribution in [0.4, 0.5) is 0 Å². The van der Waals surface area contributed by atoms with Gasteiger partial charge in [-0.3, -0.25) is 4.79 Å². The van der Waals surface area contributed by atoms with Crippen molar-refractivity contribution in [2.45, 2.75) is 20.3 Å². The van der Waals surface area contributed by atoms with E-state index < -0.39 is 5.91 Å². The number of aliphatic imine (C=N–C) groups is 1. The standard InChI is InChI=1S/C25H18N2O2/c1-14(2)12-15-6-8-16(9-7-15)29-21-11-10-18-22-17(21)4-3-5-19(22)24-23(18)20(13-26)25(28)27-24/h3-11,14H,12H2,1-2H3. The van der Waals surface area contributed by atoms with Gasteiger partial charge in [-0.05, 0) is 47.7 Å². The zero-order valence-corrected chi connectivity index (χ0v) is 16.2.